The highest BCUT2D eigenvalue weighted by Gasteiger charge is 2.32. The predicted octanol–water partition coefficient (Wildman–Crippen LogP) is 3.80. The maximum absolute atomic E-state index is 12.8. The molecule has 1 heterocycles. The van der Waals surface area contributed by atoms with Crippen LogP contribution in [0.3, 0.4) is 0 Å². The van der Waals surface area contributed by atoms with Crippen molar-refractivity contribution >= 4 is 33.6 Å². The van der Waals surface area contributed by atoms with Crippen LogP contribution in [-0.2, 0) is 11.0 Å². The van der Waals surface area contributed by atoms with E-state index in [-0.39, 0.29) is 23.2 Å². The molecule has 0 spiro atoms. The van der Waals surface area contributed by atoms with Gasteiger partial charge in [0.15, 0.2) is 0 Å². The van der Waals surface area contributed by atoms with Crippen LogP contribution < -0.4 is 5.32 Å². The first-order valence-corrected chi connectivity index (χ1v) is 7.62. The maximum atomic E-state index is 12.8. The van der Waals surface area contributed by atoms with Crippen LogP contribution in [-0.4, -0.2) is 35.1 Å². The number of likely N-dealkylation sites (tertiary alicyclic amines) is 1. The lowest BCUT2D eigenvalue weighted by atomic mass is 9.97. The fourth-order valence-electron chi connectivity index (χ4n) is 2.36. The van der Waals surface area contributed by atoms with Crippen LogP contribution in [0, 0.1) is 5.92 Å². The smallest absolute Gasteiger partial charge is 0.416 e. The third-order valence-electron chi connectivity index (χ3n) is 3.61. The molecular weight excluding hydrogens is 381 g/mol. The molecule has 0 bridgehead atoms. The number of hydrogen-bond acceptors (Lipinski definition) is 2. The second-order valence-electron chi connectivity index (χ2n) is 5.26. The Morgan fingerprint density at radius 1 is 1.22 bits per heavy atom. The third kappa shape index (κ3) is 4.60. The van der Waals surface area contributed by atoms with Crippen molar-refractivity contribution in [2.45, 2.75) is 19.0 Å². The van der Waals surface area contributed by atoms with E-state index in [9.17, 15) is 22.8 Å². The standard InChI is InChI=1S/C14H14BrF3N2O3/c15-10-5-9(14(16,17)18)6-11(7-10)19-13(23)20-3-1-8(2-4-20)12(21)22/h5-8H,1-4H2,(H,19,23)(H,21,22). The second kappa shape index (κ2) is 6.77. The molecule has 2 N–H and O–H groups in total. The summed E-state index contributed by atoms with van der Waals surface area (Å²) in [6, 6.07) is 2.61. The number of carboxylic acid groups (broad SMARTS) is 1. The van der Waals surface area contributed by atoms with Gasteiger partial charge in [-0.05, 0) is 31.0 Å². The minimum absolute atomic E-state index is 0.0251. The fourth-order valence-corrected chi connectivity index (χ4v) is 2.85. The molecule has 2 amide bonds. The van der Waals surface area contributed by atoms with Gasteiger partial charge in [0.05, 0.1) is 11.5 Å². The number of amides is 2. The summed E-state index contributed by atoms with van der Waals surface area (Å²) < 4.78 is 38.5. The van der Waals surface area contributed by atoms with E-state index in [1.165, 1.54) is 11.0 Å². The lowest BCUT2D eigenvalue weighted by Gasteiger charge is -2.30. The average molecular weight is 395 g/mol. The number of hydrogen-bond donors (Lipinski definition) is 2. The molecule has 126 valence electrons. The minimum Gasteiger partial charge on any atom is -0.481 e. The van der Waals surface area contributed by atoms with Gasteiger partial charge in [-0.25, -0.2) is 4.79 Å². The Kier molecular flexibility index (Phi) is 5.18. The molecule has 0 unspecified atom stereocenters. The van der Waals surface area contributed by atoms with Crippen molar-refractivity contribution in [3.05, 3.63) is 28.2 Å². The molecule has 1 aromatic carbocycles. The van der Waals surface area contributed by atoms with Gasteiger partial charge in [0.25, 0.3) is 0 Å². The van der Waals surface area contributed by atoms with Crippen LogP contribution in [0.25, 0.3) is 0 Å². The highest BCUT2D eigenvalue weighted by Crippen LogP contribution is 2.33. The second-order valence-corrected chi connectivity index (χ2v) is 6.17. The summed E-state index contributed by atoms with van der Waals surface area (Å²) in [5.74, 6) is -1.38. The van der Waals surface area contributed by atoms with Crippen LogP contribution in [0.15, 0.2) is 22.7 Å². The van der Waals surface area contributed by atoms with Gasteiger partial charge in [-0.15, -0.1) is 0 Å². The summed E-state index contributed by atoms with van der Waals surface area (Å²) >= 11 is 2.99. The Hall–Kier alpha value is -1.77. The molecule has 9 heteroatoms. The summed E-state index contributed by atoms with van der Waals surface area (Å²) in [5.41, 5.74) is -0.844. The van der Waals surface area contributed by atoms with Crippen molar-refractivity contribution in [2.75, 3.05) is 18.4 Å². The number of alkyl halides is 3. The molecule has 2 rings (SSSR count). The summed E-state index contributed by atoms with van der Waals surface area (Å²) in [7, 11) is 0. The lowest BCUT2D eigenvalue weighted by Crippen LogP contribution is -2.42. The number of urea groups is 1. The van der Waals surface area contributed by atoms with E-state index < -0.39 is 29.7 Å². The molecule has 1 aliphatic rings. The van der Waals surface area contributed by atoms with E-state index in [1.807, 2.05) is 0 Å². The van der Waals surface area contributed by atoms with Crippen molar-refractivity contribution in [1.82, 2.24) is 4.90 Å². The first kappa shape index (κ1) is 17.6. The SMILES string of the molecule is O=C(O)C1CCN(C(=O)Nc2cc(Br)cc(C(F)(F)F)c2)CC1. The van der Waals surface area contributed by atoms with Gasteiger partial charge < -0.3 is 15.3 Å². The van der Waals surface area contributed by atoms with Gasteiger partial charge in [-0.3, -0.25) is 4.79 Å². The molecule has 0 aliphatic carbocycles. The quantitative estimate of drug-likeness (QED) is 0.801. The molecule has 5 nitrogen and oxygen atoms in total. The van der Waals surface area contributed by atoms with Gasteiger partial charge >= 0.3 is 18.2 Å². The molecule has 0 radical (unpaired) electrons. The molecule has 1 saturated heterocycles. The number of nitrogens with zero attached hydrogens (tertiary/aromatic N) is 1. The molecule has 1 fully saturated rings. The maximum Gasteiger partial charge on any atom is 0.416 e. The van der Waals surface area contributed by atoms with E-state index in [4.69, 9.17) is 5.11 Å². The Balaban J connectivity index is 2.04. The zero-order valence-electron chi connectivity index (χ0n) is 11.9. The summed E-state index contributed by atoms with van der Waals surface area (Å²) in [6.45, 7) is 0.506. The van der Waals surface area contributed by atoms with Crippen LogP contribution in [0.1, 0.15) is 18.4 Å². The number of anilines is 1. The molecule has 0 atom stereocenters. The molecule has 0 saturated carbocycles. The number of aliphatic carboxylic acids is 1. The number of piperidine rings is 1. The van der Waals surface area contributed by atoms with Crippen molar-refractivity contribution < 1.29 is 27.9 Å². The molecular formula is C14H14BrF3N2O3. The average Bonchev–Trinajstić information content (AvgIpc) is 2.45. The molecule has 23 heavy (non-hydrogen) atoms. The Labute approximate surface area is 138 Å². The van der Waals surface area contributed by atoms with E-state index >= 15 is 0 Å². The molecule has 1 aliphatic heterocycles. The van der Waals surface area contributed by atoms with Crippen molar-refractivity contribution in [1.29, 1.82) is 0 Å². The third-order valence-corrected chi connectivity index (χ3v) is 4.07. The first-order valence-electron chi connectivity index (χ1n) is 6.83. The van der Waals surface area contributed by atoms with E-state index in [1.54, 1.807) is 0 Å². The largest absolute Gasteiger partial charge is 0.481 e. The number of nitrogens with one attached hydrogen (secondary N) is 1. The zero-order chi connectivity index (χ0) is 17.2. The normalized spacial score (nSPS) is 16.3. The number of rotatable bonds is 2. The van der Waals surface area contributed by atoms with E-state index in [2.05, 4.69) is 21.2 Å². The van der Waals surface area contributed by atoms with Gasteiger partial charge in [-0.1, -0.05) is 15.9 Å². The van der Waals surface area contributed by atoms with Gasteiger partial charge in [0, 0.05) is 23.2 Å². The number of halogens is 4. The lowest BCUT2D eigenvalue weighted by molar-refractivity contribution is -0.143. The first-order chi connectivity index (χ1) is 10.7. The number of benzene rings is 1. The van der Waals surface area contributed by atoms with Crippen molar-refractivity contribution in [3.63, 3.8) is 0 Å². The topological polar surface area (TPSA) is 69.6 Å². The van der Waals surface area contributed by atoms with Gasteiger partial charge in [0.1, 0.15) is 0 Å². The zero-order valence-corrected chi connectivity index (χ0v) is 13.4. The molecule has 0 aromatic heterocycles. The van der Waals surface area contributed by atoms with Crippen LogP contribution in [0.2, 0.25) is 0 Å². The number of carbonyl (C=O) groups excluding carboxylic acids is 1. The highest BCUT2D eigenvalue weighted by molar-refractivity contribution is 9.10. The Morgan fingerprint density at radius 3 is 2.35 bits per heavy atom. The predicted molar refractivity (Wildman–Crippen MR) is 80.1 cm³/mol. The summed E-state index contributed by atoms with van der Waals surface area (Å²) in [4.78, 5) is 24.3. The van der Waals surface area contributed by atoms with E-state index in [0.717, 1.165) is 12.1 Å². The van der Waals surface area contributed by atoms with Crippen LogP contribution >= 0.6 is 15.9 Å². The Morgan fingerprint density at radius 2 is 1.83 bits per heavy atom. The van der Waals surface area contributed by atoms with E-state index in [0.29, 0.717) is 12.8 Å². The van der Waals surface area contributed by atoms with Crippen LogP contribution in [0.4, 0.5) is 23.7 Å². The van der Waals surface area contributed by atoms with Crippen LogP contribution in [0.5, 0.6) is 0 Å². The summed E-state index contributed by atoms with van der Waals surface area (Å²) in [6.07, 6.45) is -3.85. The number of carboxylic acids is 1. The minimum atomic E-state index is -4.51. The Bertz CT molecular complexity index is 614. The number of carbonyl (C=O) groups is 2. The van der Waals surface area contributed by atoms with Crippen molar-refractivity contribution in [2.24, 2.45) is 5.92 Å². The van der Waals surface area contributed by atoms with Gasteiger partial charge in [0.2, 0.25) is 0 Å². The fraction of sp³-hybridized carbons (Fsp3) is 0.429. The summed E-state index contributed by atoms with van der Waals surface area (Å²) in [5, 5.41) is 11.3. The monoisotopic (exact) mass is 394 g/mol. The highest BCUT2D eigenvalue weighted by atomic mass is 79.9. The molecule has 1 aromatic rings. The van der Waals surface area contributed by atoms with Gasteiger partial charge in [-0.2, -0.15) is 13.2 Å². The van der Waals surface area contributed by atoms with Crippen molar-refractivity contribution in [3.8, 4) is 0 Å².